The number of hydrogen-bond acceptors (Lipinski definition) is 5. The summed E-state index contributed by atoms with van der Waals surface area (Å²) in [6.45, 7) is 0.514. The summed E-state index contributed by atoms with van der Waals surface area (Å²) >= 11 is 0. The van der Waals surface area contributed by atoms with Crippen LogP contribution in [0.1, 0.15) is 0 Å². The molecule has 76 valence electrons. The minimum Gasteiger partial charge on any atom is -0.388 e. The molecular weight excluding hydrogens is 190 g/mol. The molecular formula is C7H9N3O4. The van der Waals surface area contributed by atoms with E-state index in [-0.39, 0.29) is 19.2 Å². The van der Waals surface area contributed by atoms with Gasteiger partial charge in [0.1, 0.15) is 12.1 Å². The van der Waals surface area contributed by atoms with Crippen LogP contribution in [0, 0.1) is 0 Å². The van der Waals surface area contributed by atoms with Gasteiger partial charge in [0.2, 0.25) is 5.96 Å². The number of rotatable bonds is 1. The fourth-order valence-electron chi connectivity index (χ4n) is 1.25. The number of aliphatic imine (C=N–C) groups is 1. The van der Waals surface area contributed by atoms with Crippen LogP contribution in [0.4, 0.5) is 0 Å². The quantitative estimate of drug-likeness (QED) is 0.401. The molecule has 0 aromatic carbocycles. The third-order valence-electron chi connectivity index (χ3n) is 1.99. The number of aliphatic hydroxyl groups excluding tert-OH is 1. The van der Waals surface area contributed by atoms with Crippen molar-refractivity contribution in [1.29, 1.82) is 0 Å². The van der Waals surface area contributed by atoms with Crippen LogP contribution in [0.2, 0.25) is 0 Å². The van der Waals surface area contributed by atoms with Crippen molar-refractivity contribution in [3.05, 3.63) is 0 Å². The summed E-state index contributed by atoms with van der Waals surface area (Å²) in [5.74, 6) is -1.40. The van der Waals surface area contributed by atoms with E-state index in [0.717, 1.165) is 0 Å². The zero-order valence-corrected chi connectivity index (χ0v) is 7.19. The summed E-state index contributed by atoms with van der Waals surface area (Å²) in [6, 6.07) is -0.427. The summed E-state index contributed by atoms with van der Waals surface area (Å²) in [5, 5.41) is 13.8. The second kappa shape index (κ2) is 3.35. The lowest BCUT2D eigenvalue weighted by atomic mass is 10.2. The highest BCUT2D eigenvalue weighted by Gasteiger charge is 2.30. The molecule has 14 heavy (non-hydrogen) atoms. The molecule has 2 aliphatic heterocycles. The summed E-state index contributed by atoms with van der Waals surface area (Å²) in [6.07, 6.45) is -0.683. The number of amides is 2. The van der Waals surface area contributed by atoms with Crippen LogP contribution in [0.3, 0.4) is 0 Å². The molecule has 2 atom stereocenters. The van der Waals surface area contributed by atoms with Crippen molar-refractivity contribution in [2.75, 3.05) is 13.2 Å². The minimum absolute atomic E-state index is 0.0783. The minimum atomic E-state index is -0.739. The van der Waals surface area contributed by atoms with Crippen LogP contribution >= 0.6 is 0 Å². The first-order valence-electron chi connectivity index (χ1n) is 4.13. The third-order valence-corrected chi connectivity index (χ3v) is 1.99. The molecule has 7 nitrogen and oxygen atoms in total. The van der Waals surface area contributed by atoms with Gasteiger partial charge in [-0.15, -0.1) is 0 Å². The van der Waals surface area contributed by atoms with Crippen molar-refractivity contribution in [2.45, 2.75) is 12.1 Å². The Morgan fingerprint density at radius 2 is 1.93 bits per heavy atom. The van der Waals surface area contributed by atoms with Crippen molar-refractivity contribution in [3.8, 4) is 0 Å². The first kappa shape index (κ1) is 9.10. The Bertz CT molecular complexity index is 296. The van der Waals surface area contributed by atoms with E-state index in [1.165, 1.54) is 0 Å². The van der Waals surface area contributed by atoms with Gasteiger partial charge in [-0.2, -0.15) is 0 Å². The lowest BCUT2D eigenvalue weighted by Crippen LogP contribution is -2.31. The molecule has 0 aliphatic carbocycles. The number of nitrogens with zero attached hydrogens (tertiary/aromatic N) is 1. The summed E-state index contributed by atoms with van der Waals surface area (Å²) in [5.41, 5.74) is 0. The molecule has 2 aliphatic rings. The molecule has 0 aromatic heterocycles. The number of carbonyl (C=O) groups is 2. The summed E-state index contributed by atoms with van der Waals surface area (Å²) < 4.78 is 4.95. The molecule has 0 aromatic rings. The van der Waals surface area contributed by atoms with Gasteiger partial charge in [-0.05, 0) is 0 Å². The Hall–Kier alpha value is -1.47. The molecule has 0 spiro atoms. The van der Waals surface area contributed by atoms with Gasteiger partial charge in [-0.1, -0.05) is 0 Å². The van der Waals surface area contributed by atoms with E-state index in [9.17, 15) is 14.7 Å². The van der Waals surface area contributed by atoms with E-state index in [1.807, 2.05) is 0 Å². The maximum atomic E-state index is 10.7. The van der Waals surface area contributed by atoms with Crippen molar-refractivity contribution in [2.24, 2.45) is 4.99 Å². The van der Waals surface area contributed by atoms with Gasteiger partial charge in [0.15, 0.2) is 0 Å². The number of guanidine groups is 1. The topological polar surface area (TPSA) is 100 Å². The number of nitrogens with one attached hydrogen (secondary N) is 2. The van der Waals surface area contributed by atoms with Crippen LogP contribution < -0.4 is 10.6 Å². The van der Waals surface area contributed by atoms with Crippen LogP contribution in [-0.4, -0.2) is 48.2 Å². The predicted molar refractivity (Wildman–Crippen MR) is 44.3 cm³/mol. The fourth-order valence-corrected chi connectivity index (χ4v) is 1.25. The Labute approximate surface area is 79.1 Å². The molecule has 2 rings (SSSR count). The maximum Gasteiger partial charge on any atom is 0.316 e. The second-order valence-corrected chi connectivity index (χ2v) is 3.06. The zero-order chi connectivity index (χ0) is 10.1. The van der Waals surface area contributed by atoms with Crippen LogP contribution in [-0.2, 0) is 14.3 Å². The number of carbonyl (C=O) groups excluding carboxylic acids is 2. The lowest BCUT2D eigenvalue weighted by molar-refractivity contribution is -0.135. The average molecular weight is 199 g/mol. The Morgan fingerprint density at radius 3 is 2.43 bits per heavy atom. The van der Waals surface area contributed by atoms with Gasteiger partial charge in [0.05, 0.1) is 13.2 Å². The summed E-state index contributed by atoms with van der Waals surface area (Å²) in [4.78, 5) is 25.4. The van der Waals surface area contributed by atoms with E-state index >= 15 is 0 Å². The number of hydrogen-bond donors (Lipinski definition) is 3. The number of ether oxygens (including phenoxy) is 1. The molecule has 0 bridgehead atoms. The van der Waals surface area contributed by atoms with Crippen molar-refractivity contribution in [3.63, 3.8) is 0 Å². The molecule has 2 fully saturated rings. The Balaban J connectivity index is 2.05. The van der Waals surface area contributed by atoms with Crippen molar-refractivity contribution in [1.82, 2.24) is 10.6 Å². The first-order chi connectivity index (χ1) is 6.66. The van der Waals surface area contributed by atoms with Gasteiger partial charge < -0.3 is 9.84 Å². The molecule has 2 amide bonds. The average Bonchev–Trinajstić information content (AvgIpc) is 2.63. The SMILES string of the molecule is O=C1NC(=NC2COCC2O)NC1=O. The second-order valence-electron chi connectivity index (χ2n) is 3.06. The first-order valence-corrected chi connectivity index (χ1v) is 4.13. The summed E-state index contributed by atoms with van der Waals surface area (Å²) in [7, 11) is 0. The van der Waals surface area contributed by atoms with Crippen LogP contribution in [0.25, 0.3) is 0 Å². The van der Waals surface area contributed by atoms with Gasteiger partial charge in [-0.25, -0.2) is 4.99 Å². The highest BCUT2D eigenvalue weighted by Crippen LogP contribution is 2.09. The Morgan fingerprint density at radius 1 is 1.29 bits per heavy atom. The van der Waals surface area contributed by atoms with Gasteiger partial charge in [0, 0.05) is 0 Å². The van der Waals surface area contributed by atoms with Crippen molar-refractivity contribution >= 4 is 17.8 Å². The molecule has 0 radical (unpaired) electrons. The van der Waals surface area contributed by atoms with Gasteiger partial charge >= 0.3 is 11.8 Å². The van der Waals surface area contributed by atoms with Gasteiger partial charge in [0.25, 0.3) is 0 Å². The van der Waals surface area contributed by atoms with E-state index in [4.69, 9.17) is 4.74 Å². The Kier molecular flexibility index (Phi) is 2.18. The van der Waals surface area contributed by atoms with Gasteiger partial charge in [-0.3, -0.25) is 20.2 Å². The molecule has 0 saturated carbocycles. The molecule has 2 unspecified atom stereocenters. The van der Waals surface area contributed by atoms with Crippen molar-refractivity contribution < 1.29 is 19.4 Å². The normalized spacial score (nSPS) is 31.6. The maximum absolute atomic E-state index is 10.7. The van der Waals surface area contributed by atoms with E-state index in [0.29, 0.717) is 0 Å². The molecule has 7 heteroatoms. The molecule has 2 heterocycles. The molecule has 2 saturated heterocycles. The van der Waals surface area contributed by atoms with E-state index < -0.39 is 24.0 Å². The number of aliphatic hydroxyl groups is 1. The zero-order valence-electron chi connectivity index (χ0n) is 7.19. The largest absolute Gasteiger partial charge is 0.388 e. The molecule has 3 N–H and O–H groups in total. The fraction of sp³-hybridized carbons (Fsp3) is 0.571. The lowest BCUT2D eigenvalue weighted by Gasteiger charge is -2.06. The van der Waals surface area contributed by atoms with E-state index in [2.05, 4.69) is 15.6 Å². The predicted octanol–water partition coefficient (Wildman–Crippen LogP) is -2.65. The highest BCUT2D eigenvalue weighted by molar-refractivity contribution is 6.45. The van der Waals surface area contributed by atoms with Crippen LogP contribution in [0.15, 0.2) is 4.99 Å². The highest BCUT2D eigenvalue weighted by atomic mass is 16.5. The third kappa shape index (κ3) is 1.59. The van der Waals surface area contributed by atoms with E-state index in [1.54, 1.807) is 0 Å². The smallest absolute Gasteiger partial charge is 0.316 e. The monoisotopic (exact) mass is 199 g/mol. The standard InChI is InChI=1S/C7H9N3O4/c11-4-2-14-1-3(4)8-7-9-5(12)6(13)10-7/h3-4,11H,1-2H2,(H2,8,9,10,12,13). The van der Waals surface area contributed by atoms with Crippen LogP contribution in [0.5, 0.6) is 0 Å².